The normalized spacial score (nSPS) is 11.3. The number of nitrogens with zero attached hydrogens (tertiary/aromatic N) is 4. The van der Waals surface area contributed by atoms with E-state index >= 15 is 0 Å². The zero-order chi connectivity index (χ0) is 18.2. The Hall–Kier alpha value is -2.70. The van der Waals surface area contributed by atoms with E-state index in [0.29, 0.717) is 6.54 Å². The molecule has 2 aromatic rings. The molecule has 0 atom stereocenters. The lowest BCUT2D eigenvalue weighted by Crippen LogP contribution is -2.39. The van der Waals surface area contributed by atoms with Crippen molar-refractivity contribution in [3.8, 4) is 11.5 Å². The average molecular weight is 345 g/mol. The molecular formula is C18H27N5O2. The number of hydrogen-bond acceptors (Lipinski definition) is 4. The van der Waals surface area contributed by atoms with Crippen LogP contribution < -0.4 is 14.8 Å². The number of ether oxygens (including phenoxy) is 2. The Morgan fingerprint density at radius 2 is 2.12 bits per heavy atom. The monoisotopic (exact) mass is 345 g/mol. The number of hydrogen-bond donors (Lipinski definition) is 1. The van der Waals surface area contributed by atoms with Gasteiger partial charge in [0.2, 0.25) is 0 Å². The van der Waals surface area contributed by atoms with Gasteiger partial charge in [0, 0.05) is 52.1 Å². The highest BCUT2D eigenvalue weighted by atomic mass is 16.5. The molecule has 7 nitrogen and oxygen atoms in total. The van der Waals surface area contributed by atoms with Gasteiger partial charge in [0.25, 0.3) is 0 Å². The van der Waals surface area contributed by atoms with Gasteiger partial charge in [0.1, 0.15) is 11.5 Å². The van der Waals surface area contributed by atoms with Crippen LogP contribution in [-0.2, 0) is 20.0 Å². The minimum Gasteiger partial charge on any atom is -0.497 e. The molecule has 1 heterocycles. The predicted octanol–water partition coefficient (Wildman–Crippen LogP) is 1.69. The molecule has 0 amide bonds. The van der Waals surface area contributed by atoms with E-state index in [1.807, 2.05) is 49.4 Å². The maximum Gasteiger partial charge on any atom is 0.193 e. The van der Waals surface area contributed by atoms with Gasteiger partial charge in [-0.3, -0.25) is 9.67 Å². The first-order valence-electron chi connectivity index (χ1n) is 8.17. The molecule has 7 heteroatoms. The maximum absolute atomic E-state index is 5.47. The third kappa shape index (κ3) is 5.14. The Morgan fingerprint density at radius 3 is 2.72 bits per heavy atom. The Morgan fingerprint density at radius 1 is 1.32 bits per heavy atom. The first-order chi connectivity index (χ1) is 12.1. The molecule has 25 heavy (non-hydrogen) atoms. The van der Waals surface area contributed by atoms with Gasteiger partial charge >= 0.3 is 0 Å². The summed E-state index contributed by atoms with van der Waals surface area (Å²) in [6, 6.07) is 5.84. The smallest absolute Gasteiger partial charge is 0.193 e. The number of methoxy groups -OCH3 is 2. The van der Waals surface area contributed by atoms with Crippen molar-refractivity contribution < 1.29 is 9.47 Å². The van der Waals surface area contributed by atoms with Crippen molar-refractivity contribution in [1.82, 2.24) is 20.0 Å². The first kappa shape index (κ1) is 18.6. The fourth-order valence-corrected chi connectivity index (χ4v) is 2.62. The van der Waals surface area contributed by atoms with E-state index in [1.54, 1.807) is 21.3 Å². The van der Waals surface area contributed by atoms with Gasteiger partial charge in [-0.15, -0.1) is 0 Å². The van der Waals surface area contributed by atoms with Gasteiger partial charge in [-0.2, -0.15) is 5.10 Å². The molecule has 0 aliphatic heterocycles. The standard InChI is InChI=1S/C18H27N5O2/c1-19-18(20-9-8-14-11-21-23(3)12-14)22(2)13-15-6-7-16(24-4)10-17(15)25-5/h6-7,10-12H,8-9,13H2,1-5H3,(H,19,20). The van der Waals surface area contributed by atoms with Crippen molar-refractivity contribution in [2.45, 2.75) is 13.0 Å². The van der Waals surface area contributed by atoms with Gasteiger partial charge < -0.3 is 19.7 Å². The fourth-order valence-electron chi connectivity index (χ4n) is 2.62. The summed E-state index contributed by atoms with van der Waals surface area (Å²) in [5, 5.41) is 7.56. The highest BCUT2D eigenvalue weighted by Gasteiger charge is 2.11. The third-order valence-electron chi connectivity index (χ3n) is 3.93. The van der Waals surface area contributed by atoms with Gasteiger partial charge in [-0.25, -0.2) is 0 Å². The molecule has 0 aliphatic carbocycles. The Balaban J connectivity index is 1.94. The molecule has 136 valence electrons. The summed E-state index contributed by atoms with van der Waals surface area (Å²) in [6.07, 6.45) is 4.80. The molecule has 0 fully saturated rings. The lowest BCUT2D eigenvalue weighted by atomic mass is 10.2. The molecule has 0 bridgehead atoms. The van der Waals surface area contributed by atoms with Crippen LogP contribution in [-0.4, -0.2) is 55.5 Å². The van der Waals surface area contributed by atoms with Crippen molar-refractivity contribution in [3.05, 3.63) is 41.7 Å². The highest BCUT2D eigenvalue weighted by Crippen LogP contribution is 2.25. The number of nitrogens with one attached hydrogen (secondary N) is 1. The number of aliphatic imine (C=N–C) groups is 1. The Bertz CT molecular complexity index is 711. The first-order valence-corrected chi connectivity index (χ1v) is 8.17. The van der Waals surface area contributed by atoms with E-state index in [0.717, 1.165) is 36.0 Å². The maximum atomic E-state index is 5.47. The molecule has 1 aromatic carbocycles. The minimum absolute atomic E-state index is 0.680. The number of guanidine groups is 1. The fraction of sp³-hybridized carbons (Fsp3) is 0.444. The molecular weight excluding hydrogens is 318 g/mol. The van der Waals surface area contributed by atoms with E-state index in [1.165, 1.54) is 5.56 Å². The predicted molar refractivity (Wildman–Crippen MR) is 99.3 cm³/mol. The lowest BCUT2D eigenvalue weighted by Gasteiger charge is -2.23. The summed E-state index contributed by atoms with van der Waals surface area (Å²) in [5.74, 6) is 2.42. The second kappa shape index (κ2) is 8.96. The summed E-state index contributed by atoms with van der Waals surface area (Å²) in [7, 11) is 9.02. The minimum atomic E-state index is 0.680. The zero-order valence-corrected chi connectivity index (χ0v) is 15.6. The number of aromatic nitrogens is 2. The summed E-state index contributed by atoms with van der Waals surface area (Å²) in [6.45, 7) is 1.47. The van der Waals surface area contributed by atoms with Crippen molar-refractivity contribution in [2.24, 2.45) is 12.0 Å². The number of aryl methyl sites for hydroxylation is 1. The van der Waals surface area contributed by atoms with Gasteiger partial charge in [-0.05, 0) is 24.1 Å². The lowest BCUT2D eigenvalue weighted by molar-refractivity contribution is 0.382. The molecule has 0 saturated carbocycles. The Kier molecular flexibility index (Phi) is 6.68. The van der Waals surface area contributed by atoms with E-state index < -0.39 is 0 Å². The topological polar surface area (TPSA) is 63.9 Å². The summed E-state index contributed by atoms with van der Waals surface area (Å²) < 4.78 is 12.5. The van der Waals surface area contributed by atoms with Crippen molar-refractivity contribution in [2.75, 3.05) is 34.9 Å². The number of benzene rings is 1. The Labute approximate surface area is 149 Å². The number of rotatable bonds is 7. The quantitative estimate of drug-likeness (QED) is 0.611. The third-order valence-corrected chi connectivity index (χ3v) is 3.93. The van der Waals surface area contributed by atoms with Crippen LogP contribution in [0.15, 0.2) is 35.6 Å². The van der Waals surface area contributed by atoms with Gasteiger partial charge in [0.05, 0.1) is 20.4 Å². The molecule has 0 saturated heterocycles. The highest BCUT2D eigenvalue weighted by molar-refractivity contribution is 5.79. The van der Waals surface area contributed by atoms with Crippen molar-refractivity contribution in [3.63, 3.8) is 0 Å². The van der Waals surface area contributed by atoms with Crippen LogP contribution in [0.5, 0.6) is 11.5 Å². The SMILES string of the molecule is CN=C(NCCc1cnn(C)c1)N(C)Cc1ccc(OC)cc1OC. The molecule has 0 radical (unpaired) electrons. The molecule has 1 aromatic heterocycles. The van der Waals surface area contributed by atoms with E-state index in [9.17, 15) is 0 Å². The average Bonchev–Trinajstić information content (AvgIpc) is 3.04. The molecule has 1 N–H and O–H groups in total. The summed E-state index contributed by atoms with van der Waals surface area (Å²) in [5.41, 5.74) is 2.27. The summed E-state index contributed by atoms with van der Waals surface area (Å²) >= 11 is 0. The second-order valence-electron chi connectivity index (χ2n) is 5.78. The van der Waals surface area contributed by atoms with Gasteiger partial charge in [0.15, 0.2) is 5.96 Å². The zero-order valence-electron chi connectivity index (χ0n) is 15.6. The van der Waals surface area contributed by atoms with E-state index in [2.05, 4.69) is 20.3 Å². The summed E-state index contributed by atoms with van der Waals surface area (Å²) in [4.78, 5) is 6.42. The van der Waals surface area contributed by atoms with Crippen molar-refractivity contribution >= 4 is 5.96 Å². The second-order valence-corrected chi connectivity index (χ2v) is 5.78. The van der Waals surface area contributed by atoms with Crippen LogP contribution in [0.2, 0.25) is 0 Å². The molecule has 0 unspecified atom stereocenters. The largest absolute Gasteiger partial charge is 0.497 e. The van der Waals surface area contributed by atoms with Crippen LogP contribution in [0, 0.1) is 0 Å². The van der Waals surface area contributed by atoms with Crippen LogP contribution in [0.3, 0.4) is 0 Å². The van der Waals surface area contributed by atoms with E-state index in [-0.39, 0.29) is 0 Å². The van der Waals surface area contributed by atoms with Gasteiger partial charge in [-0.1, -0.05) is 0 Å². The van der Waals surface area contributed by atoms with Crippen LogP contribution >= 0.6 is 0 Å². The molecule has 2 rings (SSSR count). The van der Waals surface area contributed by atoms with Crippen molar-refractivity contribution in [1.29, 1.82) is 0 Å². The van der Waals surface area contributed by atoms with Crippen LogP contribution in [0.25, 0.3) is 0 Å². The van der Waals surface area contributed by atoms with Crippen LogP contribution in [0.1, 0.15) is 11.1 Å². The molecule has 0 spiro atoms. The van der Waals surface area contributed by atoms with Crippen LogP contribution in [0.4, 0.5) is 0 Å². The molecule has 0 aliphatic rings. The van der Waals surface area contributed by atoms with E-state index in [4.69, 9.17) is 9.47 Å².